The minimum Gasteiger partial charge on any atom is -0.478 e. The quantitative estimate of drug-likeness (QED) is 0.306. The van der Waals surface area contributed by atoms with Crippen LogP contribution in [0.1, 0.15) is 13.3 Å². The second kappa shape index (κ2) is 9.13. The van der Waals surface area contributed by atoms with E-state index in [-0.39, 0.29) is 11.7 Å². The Balaban J connectivity index is 2.15. The van der Waals surface area contributed by atoms with Gasteiger partial charge in [0.05, 0.1) is 27.8 Å². The number of anilines is 2. The van der Waals surface area contributed by atoms with E-state index in [1.165, 1.54) is 11.8 Å². The van der Waals surface area contributed by atoms with Gasteiger partial charge in [-0.2, -0.15) is 10.6 Å². The van der Waals surface area contributed by atoms with Crippen LogP contribution in [-0.2, 0) is 4.79 Å². The number of hydrogen-bond acceptors (Lipinski definition) is 6. The molecule has 0 radical (unpaired) electrons. The number of aliphatic carboxylic acids is 1. The average Bonchev–Trinajstić information content (AvgIpc) is 2.81. The van der Waals surface area contributed by atoms with Gasteiger partial charge in [-0.25, -0.2) is 4.79 Å². The second-order valence-electron chi connectivity index (χ2n) is 6.78. The first-order chi connectivity index (χ1) is 13.9. The monoisotopic (exact) mass is 435 g/mol. The molecule has 8 heteroatoms. The first kappa shape index (κ1) is 21.6. The fourth-order valence-electron chi connectivity index (χ4n) is 3.35. The maximum absolute atomic E-state index is 11.0. The van der Waals surface area contributed by atoms with E-state index in [1.807, 2.05) is 42.7 Å². The highest BCUT2D eigenvalue weighted by molar-refractivity contribution is 8.24. The lowest BCUT2D eigenvalue weighted by Crippen LogP contribution is -2.25. The highest BCUT2D eigenvalue weighted by Gasteiger charge is 2.33. The maximum Gasteiger partial charge on any atom is 0.331 e. The van der Waals surface area contributed by atoms with Gasteiger partial charge in [0.15, 0.2) is 0 Å². The van der Waals surface area contributed by atoms with Crippen LogP contribution in [0.4, 0.5) is 11.4 Å². The van der Waals surface area contributed by atoms with Crippen molar-refractivity contribution < 1.29 is 23.7 Å². The number of carboxylic acid groups (broad SMARTS) is 1. The molecule has 156 valence electrons. The van der Waals surface area contributed by atoms with Crippen LogP contribution in [0.5, 0.6) is 5.75 Å². The lowest BCUT2D eigenvalue weighted by Gasteiger charge is -2.34. The fraction of sp³-hybridized carbons (Fsp3) is 0.286. The highest BCUT2D eigenvalue weighted by Crippen LogP contribution is 2.58. The Labute approximate surface area is 176 Å². The van der Waals surface area contributed by atoms with E-state index in [0.29, 0.717) is 17.2 Å². The normalized spacial score (nSPS) is 19.4. The summed E-state index contributed by atoms with van der Waals surface area (Å²) < 4.78 is 27.5. The molecule has 0 saturated heterocycles. The van der Waals surface area contributed by atoms with Gasteiger partial charge in [0, 0.05) is 24.1 Å². The molecule has 0 saturated carbocycles. The predicted octanol–water partition coefficient (Wildman–Crippen LogP) is 5.67. The number of hydrogen-bond donors (Lipinski definition) is 3. The molecule has 1 heterocycles. The first-order valence-electron chi connectivity index (χ1n) is 9.22. The fourth-order valence-corrected chi connectivity index (χ4v) is 5.86. The van der Waals surface area contributed by atoms with Crippen LogP contribution >= 0.6 is 22.4 Å². The zero-order valence-corrected chi connectivity index (χ0v) is 17.9. The van der Waals surface area contributed by atoms with Crippen LogP contribution in [0.15, 0.2) is 64.6 Å². The summed E-state index contributed by atoms with van der Waals surface area (Å²) in [7, 11) is -3.04. The molecule has 2 aromatic carbocycles. The third-order valence-electron chi connectivity index (χ3n) is 4.85. The van der Waals surface area contributed by atoms with Crippen molar-refractivity contribution in [1.82, 2.24) is 0 Å². The maximum atomic E-state index is 11.0. The van der Waals surface area contributed by atoms with Crippen molar-refractivity contribution in [3.05, 3.63) is 54.8 Å². The van der Waals surface area contributed by atoms with Crippen molar-refractivity contribution in [3.63, 3.8) is 0 Å². The molecule has 1 aliphatic rings. The summed E-state index contributed by atoms with van der Waals surface area (Å²) in [6.07, 6.45) is 4.71. The number of benzene rings is 2. The Morgan fingerprint density at radius 3 is 2.66 bits per heavy atom. The Morgan fingerprint density at radius 2 is 2.03 bits per heavy atom. The highest BCUT2D eigenvalue weighted by atomic mass is 32.3. The van der Waals surface area contributed by atoms with E-state index in [0.717, 1.165) is 35.0 Å². The van der Waals surface area contributed by atoms with Gasteiger partial charge in [-0.15, -0.1) is 11.8 Å². The molecular formula is C21H25NO5S2. The number of carbonyl (C=O) groups is 1. The molecule has 0 bridgehead atoms. The third-order valence-corrected chi connectivity index (χ3v) is 7.57. The van der Waals surface area contributed by atoms with E-state index >= 15 is 0 Å². The van der Waals surface area contributed by atoms with Crippen LogP contribution < -0.4 is 9.64 Å². The summed E-state index contributed by atoms with van der Waals surface area (Å²) >= 11 is 1.45. The largest absolute Gasteiger partial charge is 0.478 e. The molecule has 1 aliphatic heterocycles. The van der Waals surface area contributed by atoms with Crippen molar-refractivity contribution in [2.75, 3.05) is 23.5 Å². The van der Waals surface area contributed by atoms with Crippen molar-refractivity contribution in [1.29, 1.82) is 0 Å². The molecule has 3 rings (SSSR count). The zero-order chi connectivity index (χ0) is 21.0. The number of para-hydroxylation sites is 1. The summed E-state index contributed by atoms with van der Waals surface area (Å²) in [5.74, 6) is -0.322. The first-order valence-corrected chi connectivity index (χ1v) is 12.2. The Morgan fingerprint density at radius 1 is 1.31 bits per heavy atom. The molecule has 0 spiro atoms. The average molecular weight is 436 g/mol. The molecule has 1 atom stereocenters. The molecule has 29 heavy (non-hydrogen) atoms. The van der Waals surface area contributed by atoms with E-state index in [9.17, 15) is 13.9 Å². The molecule has 0 fully saturated rings. The minimum absolute atomic E-state index is 0.113. The van der Waals surface area contributed by atoms with E-state index < -0.39 is 16.6 Å². The standard InChI is InChI=1S/C21H25NO5S2/c1-3-15-13-22(16-7-5-4-6-8-16)17-11-19(28-2)18(27-10-9-21(23)24)12-20(17)29(25,26)14-15/h4-12,15,25-26H,3,13-14H2,1-2H3,(H,23,24)/b10-9+. The van der Waals surface area contributed by atoms with Crippen LogP contribution in [0.25, 0.3) is 0 Å². The molecule has 2 aromatic rings. The van der Waals surface area contributed by atoms with E-state index in [4.69, 9.17) is 9.84 Å². The lowest BCUT2D eigenvalue weighted by molar-refractivity contribution is -0.131. The second-order valence-corrected chi connectivity index (χ2v) is 9.74. The van der Waals surface area contributed by atoms with Gasteiger partial charge in [-0.05, 0) is 30.4 Å². The number of nitrogens with zero attached hydrogens (tertiary/aromatic N) is 1. The topological polar surface area (TPSA) is 90.2 Å². The summed E-state index contributed by atoms with van der Waals surface area (Å²) in [5, 5.41) is 8.79. The van der Waals surface area contributed by atoms with Crippen molar-refractivity contribution in [2.45, 2.75) is 23.1 Å². The van der Waals surface area contributed by atoms with Crippen LogP contribution in [0.3, 0.4) is 0 Å². The third kappa shape index (κ3) is 4.90. The SMILES string of the molecule is CCC1CN(c2ccccc2)c2cc(SC)c(O/C=C/C(=O)O)cc2S(O)(O)C1. The van der Waals surface area contributed by atoms with Gasteiger partial charge in [0.2, 0.25) is 0 Å². The summed E-state index contributed by atoms with van der Waals surface area (Å²) in [6, 6.07) is 13.4. The van der Waals surface area contributed by atoms with Gasteiger partial charge < -0.3 is 14.7 Å². The summed E-state index contributed by atoms with van der Waals surface area (Å²) in [4.78, 5) is 14.1. The van der Waals surface area contributed by atoms with Crippen molar-refractivity contribution in [3.8, 4) is 5.75 Å². The molecule has 3 N–H and O–H groups in total. The predicted molar refractivity (Wildman–Crippen MR) is 119 cm³/mol. The zero-order valence-electron chi connectivity index (χ0n) is 16.3. The number of fused-ring (bicyclic) bond motifs is 1. The van der Waals surface area contributed by atoms with Gasteiger partial charge in [-0.3, -0.25) is 9.11 Å². The minimum atomic E-state index is -3.04. The molecule has 0 amide bonds. The Bertz CT molecular complexity index is 901. The van der Waals surface area contributed by atoms with E-state index in [2.05, 4.69) is 11.8 Å². The number of thioether (sulfide) groups is 1. The van der Waals surface area contributed by atoms with Crippen molar-refractivity contribution >= 4 is 39.7 Å². The molecular weight excluding hydrogens is 410 g/mol. The molecule has 1 unspecified atom stereocenters. The van der Waals surface area contributed by atoms with Crippen LogP contribution in [-0.4, -0.2) is 38.7 Å². The van der Waals surface area contributed by atoms with Gasteiger partial charge >= 0.3 is 5.97 Å². The van der Waals surface area contributed by atoms with Crippen molar-refractivity contribution in [2.24, 2.45) is 5.92 Å². The number of ether oxygens (including phenoxy) is 1. The molecule has 0 aliphatic carbocycles. The number of carboxylic acids is 1. The van der Waals surface area contributed by atoms with Crippen LogP contribution in [0, 0.1) is 5.92 Å². The Hall–Kier alpha value is -2.13. The molecule has 0 aromatic heterocycles. The smallest absolute Gasteiger partial charge is 0.331 e. The number of rotatable bonds is 6. The van der Waals surface area contributed by atoms with Gasteiger partial charge in [0.25, 0.3) is 0 Å². The van der Waals surface area contributed by atoms with Crippen LogP contribution in [0.2, 0.25) is 0 Å². The molecule has 6 nitrogen and oxygen atoms in total. The van der Waals surface area contributed by atoms with Gasteiger partial charge in [-0.1, -0.05) is 31.5 Å². The summed E-state index contributed by atoms with van der Waals surface area (Å²) in [5.41, 5.74) is 1.72. The van der Waals surface area contributed by atoms with Gasteiger partial charge in [0.1, 0.15) is 5.75 Å². The lowest BCUT2D eigenvalue weighted by atomic mass is 10.1. The summed E-state index contributed by atoms with van der Waals surface area (Å²) in [6.45, 7) is 2.73. The van der Waals surface area contributed by atoms with E-state index in [1.54, 1.807) is 6.07 Å². The Kier molecular flexibility index (Phi) is 6.79.